The summed E-state index contributed by atoms with van der Waals surface area (Å²) < 4.78 is 18.4. The largest absolute Gasteiger partial charge is 0.391 e. The summed E-state index contributed by atoms with van der Waals surface area (Å²) in [6.07, 6.45) is 1.06. The molecule has 0 spiro atoms. The van der Waals surface area contributed by atoms with Gasteiger partial charge in [0, 0.05) is 25.3 Å². The molecule has 1 aromatic rings. The van der Waals surface area contributed by atoms with Crippen LogP contribution in [0.1, 0.15) is 28.8 Å². The lowest BCUT2D eigenvalue weighted by Crippen LogP contribution is -2.38. The number of halogens is 1. The Kier molecular flexibility index (Phi) is 5.09. The summed E-state index contributed by atoms with van der Waals surface area (Å²) in [6, 6.07) is 4.23. The summed E-state index contributed by atoms with van der Waals surface area (Å²) in [6.45, 7) is 3.14. The third-order valence-corrected chi connectivity index (χ3v) is 3.70. The Balaban J connectivity index is 1.86. The number of aliphatic hydroxyl groups excluding tert-OH is 1. The van der Waals surface area contributed by atoms with Crippen molar-refractivity contribution >= 4 is 5.91 Å². The summed E-state index contributed by atoms with van der Waals surface area (Å²) in [5.74, 6) is -0.456. The van der Waals surface area contributed by atoms with Crippen LogP contribution in [-0.2, 0) is 4.74 Å². The van der Waals surface area contributed by atoms with Gasteiger partial charge in [0.15, 0.2) is 0 Å². The zero-order valence-corrected chi connectivity index (χ0v) is 11.6. The molecule has 4 nitrogen and oxygen atoms in total. The maximum Gasteiger partial charge on any atom is 0.251 e. The van der Waals surface area contributed by atoms with Crippen molar-refractivity contribution < 1.29 is 19.0 Å². The first-order valence-corrected chi connectivity index (χ1v) is 6.88. The van der Waals surface area contributed by atoms with Crippen molar-refractivity contribution in [1.82, 2.24) is 5.32 Å². The van der Waals surface area contributed by atoms with Crippen LogP contribution in [0.3, 0.4) is 0 Å². The summed E-state index contributed by atoms with van der Waals surface area (Å²) in [5, 5.41) is 12.7. The zero-order chi connectivity index (χ0) is 14.5. The van der Waals surface area contributed by atoms with Crippen LogP contribution in [0.4, 0.5) is 4.39 Å². The fourth-order valence-electron chi connectivity index (χ4n) is 2.35. The fourth-order valence-corrected chi connectivity index (χ4v) is 2.35. The van der Waals surface area contributed by atoms with Crippen molar-refractivity contribution in [3.63, 3.8) is 0 Å². The van der Waals surface area contributed by atoms with Gasteiger partial charge in [0.1, 0.15) is 5.82 Å². The molecule has 110 valence electrons. The highest BCUT2D eigenvalue weighted by molar-refractivity contribution is 5.94. The lowest BCUT2D eigenvalue weighted by Gasteiger charge is -2.26. The van der Waals surface area contributed by atoms with Gasteiger partial charge in [-0.05, 0) is 49.4 Å². The van der Waals surface area contributed by atoms with Crippen LogP contribution in [0.5, 0.6) is 0 Å². The first-order chi connectivity index (χ1) is 9.58. The topological polar surface area (TPSA) is 58.6 Å². The average Bonchev–Trinajstić information content (AvgIpc) is 2.48. The number of aryl methyl sites for hydroxylation is 1. The molecular formula is C15H20FNO3. The Hall–Kier alpha value is -1.46. The van der Waals surface area contributed by atoms with Crippen LogP contribution in [-0.4, -0.2) is 36.9 Å². The molecule has 1 aliphatic rings. The van der Waals surface area contributed by atoms with Crippen molar-refractivity contribution in [3.05, 3.63) is 35.1 Å². The van der Waals surface area contributed by atoms with E-state index in [0.717, 1.165) is 12.8 Å². The number of aliphatic hydroxyl groups is 1. The van der Waals surface area contributed by atoms with Gasteiger partial charge < -0.3 is 15.2 Å². The summed E-state index contributed by atoms with van der Waals surface area (Å²) in [4.78, 5) is 11.9. The van der Waals surface area contributed by atoms with Crippen molar-refractivity contribution in [1.29, 1.82) is 0 Å². The van der Waals surface area contributed by atoms with Gasteiger partial charge in [-0.25, -0.2) is 4.39 Å². The van der Waals surface area contributed by atoms with Crippen LogP contribution in [0.2, 0.25) is 0 Å². The maximum atomic E-state index is 13.1. The highest BCUT2D eigenvalue weighted by Crippen LogP contribution is 2.18. The molecule has 0 saturated carbocycles. The van der Waals surface area contributed by atoms with Gasteiger partial charge in [-0.2, -0.15) is 0 Å². The van der Waals surface area contributed by atoms with Crippen LogP contribution in [0.15, 0.2) is 18.2 Å². The molecule has 0 bridgehead atoms. The normalized spacial score (nSPS) is 17.8. The number of ether oxygens (including phenoxy) is 1. The number of hydrogen-bond donors (Lipinski definition) is 2. The molecule has 0 aliphatic carbocycles. The lowest BCUT2D eigenvalue weighted by atomic mass is 9.94. The van der Waals surface area contributed by atoms with E-state index in [1.807, 2.05) is 0 Å². The second-order valence-corrected chi connectivity index (χ2v) is 5.19. The molecule has 1 saturated heterocycles. The Morgan fingerprint density at radius 1 is 1.50 bits per heavy atom. The third kappa shape index (κ3) is 3.77. The highest BCUT2D eigenvalue weighted by Gasteiger charge is 2.22. The minimum atomic E-state index is -0.565. The predicted octanol–water partition coefficient (Wildman–Crippen LogP) is 1.65. The number of amides is 1. The Morgan fingerprint density at radius 2 is 2.20 bits per heavy atom. The van der Waals surface area contributed by atoms with Crippen LogP contribution in [0, 0.1) is 18.7 Å². The minimum absolute atomic E-state index is 0.166. The number of benzene rings is 1. The fraction of sp³-hybridized carbons (Fsp3) is 0.533. The molecule has 1 aromatic carbocycles. The minimum Gasteiger partial charge on any atom is -0.391 e. The van der Waals surface area contributed by atoms with E-state index in [2.05, 4.69) is 5.32 Å². The molecule has 20 heavy (non-hydrogen) atoms. The molecule has 0 unspecified atom stereocenters. The smallest absolute Gasteiger partial charge is 0.251 e. The van der Waals surface area contributed by atoms with Gasteiger partial charge in [0.05, 0.1) is 6.10 Å². The van der Waals surface area contributed by atoms with Crippen LogP contribution < -0.4 is 5.32 Å². The molecule has 1 heterocycles. The third-order valence-electron chi connectivity index (χ3n) is 3.70. The van der Waals surface area contributed by atoms with E-state index < -0.39 is 6.10 Å². The average molecular weight is 281 g/mol. The summed E-state index contributed by atoms with van der Waals surface area (Å²) >= 11 is 0. The van der Waals surface area contributed by atoms with Crippen molar-refractivity contribution in [3.8, 4) is 0 Å². The molecule has 1 aliphatic heterocycles. The molecule has 0 aromatic heterocycles. The quantitative estimate of drug-likeness (QED) is 0.882. The molecule has 1 fully saturated rings. The van der Waals surface area contributed by atoms with E-state index in [0.29, 0.717) is 24.3 Å². The molecule has 5 heteroatoms. The molecule has 1 atom stereocenters. The Morgan fingerprint density at radius 3 is 2.85 bits per heavy atom. The van der Waals surface area contributed by atoms with E-state index >= 15 is 0 Å². The van der Waals surface area contributed by atoms with Gasteiger partial charge in [-0.15, -0.1) is 0 Å². The van der Waals surface area contributed by atoms with Gasteiger partial charge in [0.2, 0.25) is 0 Å². The summed E-state index contributed by atoms with van der Waals surface area (Å²) in [5.41, 5.74) is 0.839. The van der Waals surface area contributed by atoms with Crippen LogP contribution in [0.25, 0.3) is 0 Å². The van der Waals surface area contributed by atoms with E-state index in [9.17, 15) is 14.3 Å². The number of rotatable bonds is 4. The Bertz CT molecular complexity index is 472. The van der Waals surface area contributed by atoms with Gasteiger partial charge in [-0.3, -0.25) is 4.79 Å². The molecule has 1 amide bonds. The number of carbonyl (C=O) groups excluding carboxylic acids is 1. The first kappa shape index (κ1) is 14.9. The first-order valence-electron chi connectivity index (χ1n) is 6.88. The molecule has 2 N–H and O–H groups in total. The second-order valence-electron chi connectivity index (χ2n) is 5.19. The highest BCUT2D eigenvalue weighted by atomic mass is 19.1. The van der Waals surface area contributed by atoms with Crippen molar-refractivity contribution in [2.24, 2.45) is 5.92 Å². The monoisotopic (exact) mass is 281 g/mol. The molecular weight excluding hydrogens is 261 g/mol. The van der Waals surface area contributed by atoms with Gasteiger partial charge in [-0.1, -0.05) is 0 Å². The van der Waals surface area contributed by atoms with E-state index in [4.69, 9.17) is 4.74 Å². The summed E-state index contributed by atoms with van der Waals surface area (Å²) in [7, 11) is 0. The Labute approximate surface area is 117 Å². The van der Waals surface area contributed by atoms with Crippen molar-refractivity contribution in [2.45, 2.75) is 25.9 Å². The number of hydrogen-bond acceptors (Lipinski definition) is 3. The van der Waals surface area contributed by atoms with Gasteiger partial charge >= 0.3 is 0 Å². The van der Waals surface area contributed by atoms with E-state index in [1.54, 1.807) is 6.92 Å². The zero-order valence-electron chi connectivity index (χ0n) is 11.6. The van der Waals surface area contributed by atoms with E-state index in [1.165, 1.54) is 18.2 Å². The van der Waals surface area contributed by atoms with Crippen molar-refractivity contribution in [2.75, 3.05) is 19.8 Å². The van der Waals surface area contributed by atoms with Gasteiger partial charge in [0.25, 0.3) is 5.91 Å². The second kappa shape index (κ2) is 6.81. The molecule has 0 radical (unpaired) electrons. The lowest BCUT2D eigenvalue weighted by molar-refractivity contribution is 0.00873. The number of nitrogens with one attached hydrogen (secondary N) is 1. The standard InChI is InChI=1S/C15H20FNO3/c1-10-8-12(2-3-13(10)16)15(19)17-9-14(18)11-4-6-20-7-5-11/h2-3,8,11,14,18H,4-7,9H2,1H3,(H,17,19)/t14-/m1/s1. The maximum absolute atomic E-state index is 13.1. The predicted molar refractivity (Wildman–Crippen MR) is 73.0 cm³/mol. The SMILES string of the molecule is Cc1cc(C(=O)NC[C@@H](O)C2CCOCC2)ccc1F. The number of carbonyl (C=O) groups is 1. The molecule has 2 rings (SSSR count). The van der Waals surface area contributed by atoms with Crippen LogP contribution >= 0.6 is 0 Å². The van der Waals surface area contributed by atoms with E-state index in [-0.39, 0.29) is 24.2 Å².